The van der Waals surface area contributed by atoms with Crippen molar-refractivity contribution in [2.24, 2.45) is 4.99 Å². The molecule has 0 unspecified atom stereocenters. The van der Waals surface area contributed by atoms with E-state index < -0.39 is 11.5 Å². The molecule has 0 amide bonds. The second-order valence-electron chi connectivity index (χ2n) is 7.92. The second-order valence-corrected chi connectivity index (χ2v) is 7.92. The zero-order valence-electron chi connectivity index (χ0n) is 18.3. The zero-order chi connectivity index (χ0) is 22.5. The molecule has 162 valence electrons. The lowest BCUT2D eigenvalue weighted by Crippen LogP contribution is -2.46. The van der Waals surface area contributed by atoms with Crippen molar-refractivity contribution in [3.63, 3.8) is 0 Å². The zero-order valence-corrected chi connectivity index (χ0v) is 18.3. The van der Waals surface area contributed by atoms with Crippen LogP contribution in [0.4, 0.5) is 5.69 Å². The molecule has 0 bridgehead atoms. The van der Waals surface area contributed by atoms with Crippen molar-refractivity contribution in [2.75, 3.05) is 0 Å². The van der Waals surface area contributed by atoms with Crippen LogP contribution in [0.5, 0.6) is 0 Å². The molecule has 0 saturated carbocycles. The lowest BCUT2D eigenvalue weighted by Gasteiger charge is -2.07. The van der Waals surface area contributed by atoms with Crippen molar-refractivity contribution >= 4 is 11.6 Å². The maximum atomic E-state index is 13.2. The smallest absolute Gasteiger partial charge is 0.406 e. The van der Waals surface area contributed by atoms with Gasteiger partial charge in [-0.1, -0.05) is 75.6 Å². The summed E-state index contributed by atoms with van der Waals surface area (Å²) in [7, 11) is 0. The highest BCUT2D eigenvalue weighted by Gasteiger charge is 2.23. The highest BCUT2D eigenvalue weighted by Crippen LogP contribution is 2.13. The van der Waals surface area contributed by atoms with Crippen LogP contribution in [0.2, 0.25) is 0 Å². The van der Waals surface area contributed by atoms with Crippen molar-refractivity contribution in [2.45, 2.75) is 33.2 Å². The summed E-state index contributed by atoms with van der Waals surface area (Å²) >= 11 is 0. The number of aryl methyl sites for hydroxylation is 4. The van der Waals surface area contributed by atoms with Crippen molar-refractivity contribution in [1.29, 1.82) is 0 Å². The normalized spacial score (nSPS) is 11.6. The van der Waals surface area contributed by atoms with Gasteiger partial charge in [-0.3, -0.25) is 4.99 Å². The van der Waals surface area contributed by atoms with E-state index in [4.69, 9.17) is 0 Å². The van der Waals surface area contributed by atoms with Crippen LogP contribution in [0.3, 0.4) is 0 Å². The first-order valence-electron chi connectivity index (χ1n) is 10.7. The van der Waals surface area contributed by atoms with Gasteiger partial charge in [0.15, 0.2) is 5.69 Å². The molecule has 32 heavy (non-hydrogen) atoms. The van der Waals surface area contributed by atoms with Crippen LogP contribution in [0, 0.1) is 13.8 Å². The molecule has 1 aromatic heterocycles. The summed E-state index contributed by atoms with van der Waals surface area (Å²) in [4.78, 5) is 17.4. The van der Waals surface area contributed by atoms with E-state index in [1.807, 2.05) is 68.4 Å². The largest absolute Gasteiger partial charge is 0.855 e. The summed E-state index contributed by atoms with van der Waals surface area (Å²) in [5, 5.41) is 16.1. The third-order valence-electron chi connectivity index (χ3n) is 5.35. The number of benzene rings is 3. The minimum atomic E-state index is -0.555. The minimum Gasteiger partial charge on any atom is -0.855 e. The Balaban J connectivity index is 1.69. The standard InChI is InChI=1S/C26H26N4O2/c1-19-10-14-22(15-11-19)27-25(31)24-26(32)30(23-16-12-20(2)13-17-23)28-29(24)18-6-9-21-7-4-3-5-8-21/h3-5,7-8,10-17H,6,9,18H2,1-2H3,(H-,27,28,31,32). The maximum Gasteiger partial charge on any atom is 0.406 e. The van der Waals surface area contributed by atoms with Gasteiger partial charge in [-0.2, -0.15) is 4.68 Å². The Morgan fingerprint density at radius 2 is 1.56 bits per heavy atom. The van der Waals surface area contributed by atoms with Gasteiger partial charge < -0.3 is 5.11 Å². The summed E-state index contributed by atoms with van der Waals surface area (Å²) in [6, 6.07) is 25.1. The third-order valence-corrected chi connectivity index (χ3v) is 5.35. The Labute approximate surface area is 187 Å². The van der Waals surface area contributed by atoms with E-state index in [2.05, 4.69) is 22.3 Å². The predicted octanol–water partition coefficient (Wildman–Crippen LogP) is 3.14. The molecule has 0 atom stereocenters. The molecule has 4 rings (SSSR count). The fraction of sp³-hybridized carbons (Fsp3) is 0.192. The first-order valence-corrected chi connectivity index (χ1v) is 10.7. The number of hydrogen-bond donors (Lipinski definition) is 1. The molecule has 3 aromatic carbocycles. The van der Waals surface area contributed by atoms with E-state index in [0.29, 0.717) is 17.9 Å². The lowest BCUT2D eigenvalue weighted by molar-refractivity contribution is -0.757. The lowest BCUT2D eigenvalue weighted by atomic mass is 10.1. The van der Waals surface area contributed by atoms with Crippen molar-refractivity contribution in [3.05, 3.63) is 112 Å². The van der Waals surface area contributed by atoms with Crippen LogP contribution in [-0.2, 0) is 13.0 Å². The monoisotopic (exact) mass is 426 g/mol. The molecule has 4 aromatic rings. The fourth-order valence-electron chi connectivity index (χ4n) is 3.55. The Morgan fingerprint density at radius 1 is 0.938 bits per heavy atom. The van der Waals surface area contributed by atoms with Gasteiger partial charge in [0.25, 0.3) is 0 Å². The van der Waals surface area contributed by atoms with E-state index in [9.17, 15) is 9.90 Å². The average molecular weight is 427 g/mol. The number of aliphatic imine (C=N–C) groups is 1. The molecule has 0 fully saturated rings. The van der Waals surface area contributed by atoms with Crippen LogP contribution < -0.4 is 15.3 Å². The Morgan fingerprint density at radius 3 is 2.22 bits per heavy atom. The molecule has 0 aliphatic rings. The molecular formula is C26H26N4O2. The molecule has 6 nitrogen and oxygen atoms in total. The van der Waals surface area contributed by atoms with Crippen LogP contribution in [0.15, 0.2) is 88.6 Å². The van der Waals surface area contributed by atoms with Crippen molar-refractivity contribution in [1.82, 2.24) is 9.90 Å². The maximum absolute atomic E-state index is 13.2. The van der Waals surface area contributed by atoms with Gasteiger partial charge in [-0.05, 0) is 56.5 Å². The number of hydrogen-bond acceptors (Lipinski definition) is 3. The van der Waals surface area contributed by atoms with E-state index in [1.165, 1.54) is 10.2 Å². The van der Waals surface area contributed by atoms with Crippen LogP contribution in [0.1, 0.15) is 28.8 Å². The van der Waals surface area contributed by atoms with Gasteiger partial charge in [0, 0.05) is 5.90 Å². The molecule has 6 heteroatoms. The summed E-state index contributed by atoms with van der Waals surface area (Å²) in [6.45, 7) is 4.45. The van der Waals surface area contributed by atoms with Gasteiger partial charge in [0.05, 0.1) is 5.69 Å². The van der Waals surface area contributed by atoms with E-state index in [-0.39, 0.29) is 5.69 Å². The topological polar surface area (TPSA) is 77.1 Å². The summed E-state index contributed by atoms with van der Waals surface area (Å²) < 4.78 is 3.02. The van der Waals surface area contributed by atoms with Gasteiger partial charge in [-0.15, -0.1) is 0 Å². The molecule has 0 aliphatic heterocycles. The molecule has 0 aliphatic carbocycles. The summed E-state index contributed by atoms with van der Waals surface area (Å²) in [5.41, 5.74) is 4.20. The Hall–Kier alpha value is -3.93. The second kappa shape index (κ2) is 9.47. The van der Waals surface area contributed by atoms with Crippen molar-refractivity contribution < 1.29 is 9.79 Å². The van der Waals surface area contributed by atoms with Crippen LogP contribution in [-0.4, -0.2) is 15.8 Å². The highest BCUT2D eigenvalue weighted by atomic mass is 16.3. The molecule has 1 heterocycles. The van der Waals surface area contributed by atoms with E-state index in [0.717, 1.165) is 24.0 Å². The van der Waals surface area contributed by atoms with Gasteiger partial charge in [-0.25, -0.2) is 4.79 Å². The van der Waals surface area contributed by atoms with Crippen LogP contribution in [0.25, 0.3) is 5.69 Å². The first-order chi connectivity index (χ1) is 15.5. The number of nitrogens with zero attached hydrogens (tertiary/aromatic N) is 3. The summed E-state index contributed by atoms with van der Waals surface area (Å²) in [5.74, 6) is -0.555. The number of nitrogens with one attached hydrogen (secondary N) is 1. The first kappa shape index (κ1) is 21.3. The minimum absolute atomic E-state index is 0.0270. The van der Waals surface area contributed by atoms with Gasteiger partial charge in [0.2, 0.25) is 5.69 Å². The molecule has 0 saturated heterocycles. The average Bonchev–Trinajstić information content (AvgIpc) is 3.12. The van der Waals surface area contributed by atoms with E-state index >= 15 is 0 Å². The number of H-pyrrole nitrogens is 1. The van der Waals surface area contributed by atoms with Gasteiger partial charge >= 0.3 is 5.56 Å². The predicted molar refractivity (Wildman–Crippen MR) is 123 cm³/mol. The number of rotatable bonds is 7. The Bertz CT molecular complexity index is 1270. The molecule has 1 N–H and O–H groups in total. The van der Waals surface area contributed by atoms with E-state index in [1.54, 1.807) is 16.8 Å². The highest BCUT2D eigenvalue weighted by molar-refractivity contribution is 5.88. The Kier molecular flexibility index (Phi) is 6.31. The van der Waals surface area contributed by atoms with Gasteiger partial charge in [0.1, 0.15) is 6.54 Å². The fourth-order valence-corrected chi connectivity index (χ4v) is 3.55. The SMILES string of the molecule is Cc1ccc(N=C([O-])c2c(=O)n(-c3ccc(C)cc3)[nH][n+]2CCCc2ccccc2)cc1. The quantitative estimate of drug-likeness (QED) is 0.280. The molecule has 0 radical (unpaired) electrons. The third kappa shape index (κ3) is 4.86. The van der Waals surface area contributed by atoms with Crippen LogP contribution >= 0.6 is 0 Å². The number of aromatic amines is 1. The van der Waals surface area contributed by atoms with Crippen molar-refractivity contribution in [3.8, 4) is 5.69 Å². The molecular weight excluding hydrogens is 400 g/mol. The number of aromatic nitrogens is 3. The molecule has 0 spiro atoms. The summed E-state index contributed by atoms with van der Waals surface area (Å²) in [6.07, 6.45) is 1.61.